The van der Waals surface area contributed by atoms with Crippen LogP contribution in [0.15, 0.2) is 24.8 Å². The average molecular weight is 345 g/mol. The van der Waals surface area contributed by atoms with Crippen molar-refractivity contribution in [2.45, 2.75) is 45.9 Å². The van der Waals surface area contributed by atoms with Crippen molar-refractivity contribution in [2.75, 3.05) is 11.9 Å². The number of carbonyl (C=O) groups excluding carboxylic acids is 1. The Morgan fingerprint density at radius 2 is 1.88 bits per heavy atom. The van der Waals surface area contributed by atoms with E-state index in [4.69, 9.17) is 9.47 Å². The summed E-state index contributed by atoms with van der Waals surface area (Å²) in [5.74, 6) is 0.145. The Morgan fingerprint density at radius 1 is 1.25 bits per heavy atom. The summed E-state index contributed by atoms with van der Waals surface area (Å²) in [6, 6.07) is 3.45. The smallest absolute Gasteiger partial charge is 0.418 e. The van der Waals surface area contributed by atoms with Gasteiger partial charge in [0.05, 0.1) is 17.9 Å². The minimum Gasteiger partial charge on any atom is -0.494 e. The molecule has 0 aliphatic carbocycles. The third kappa shape index (κ3) is 6.14. The molecule has 0 atom stereocenters. The van der Waals surface area contributed by atoms with Gasteiger partial charge >= 0.3 is 12.3 Å². The molecule has 1 aromatic rings. The lowest BCUT2D eigenvalue weighted by atomic mass is 10.1. The number of nitrogens with one attached hydrogen (secondary N) is 1. The van der Waals surface area contributed by atoms with E-state index in [0.717, 1.165) is 12.1 Å². The highest BCUT2D eigenvalue weighted by Crippen LogP contribution is 2.36. The lowest BCUT2D eigenvalue weighted by Gasteiger charge is -2.21. The number of amides is 1. The summed E-state index contributed by atoms with van der Waals surface area (Å²) >= 11 is 0. The number of benzene rings is 1. The van der Waals surface area contributed by atoms with Gasteiger partial charge in [0, 0.05) is 5.56 Å². The maximum Gasteiger partial charge on any atom is 0.418 e. The van der Waals surface area contributed by atoms with Gasteiger partial charge in [-0.3, -0.25) is 5.32 Å². The van der Waals surface area contributed by atoms with Crippen molar-refractivity contribution in [3.63, 3.8) is 0 Å². The van der Waals surface area contributed by atoms with E-state index in [1.807, 2.05) is 6.92 Å². The maximum absolute atomic E-state index is 13.3. The minimum absolute atomic E-state index is 0.145. The Labute approximate surface area is 139 Å². The molecule has 0 bridgehead atoms. The second-order valence-corrected chi connectivity index (χ2v) is 6.16. The molecule has 0 saturated heterocycles. The highest BCUT2D eigenvalue weighted by atomic mass is 19.4. The molecule has 1 N–H and O–H groups in total. The molecule has 0 fully saturated rings. The fraction of sp³-hybridized carbons (Fsp3) is 0.471. The Balaban J connectivity index is 3.09. The van der Waals surface area contributed by atoms with Crippen LogP contribution in [0.5, 0.6) is 0 Å². The van der Waals surface area contributed by atoms with Gasteiger partial charge < -0.3 is 9.47 Å². The molecule has 0 saturated carbocycles. The van der Waals surface area contributed by atoms with Gasteiger partial charge in [0.15, 0.2) is 0 Å². The van der Waals surface area contributed by atoms with Crippen LogP contribution in [0.4, 0.5) is 23.7 Å². The molecule has 4 nitrogen and oxygen atoms in total. The van der Waals surface area contributed by atoms with Crippen LogP contribution in [-0.4, -0.2) is 18.3 Å². The van der Waals surface area contributed by atoms with Gasteiger partial charge in [-0.05, 0) is 45.4 Å². The summed E-state index contributed by atoms with van der Waals surface area (Å²) in [5, 5.41) is 2.13. The van der Waals surface area contributed by atoms with Gasteiger partial charge in [0.25, 0.3) is 0 Å². The molecular formula is C17H22F3NO3. The topological polar surface area (TPSA) is 47.6 Å². The van der Waals surface area contributed by atoms with E-state index >= 15 is 0 Å². The number of halogens is 3. The molecule has 0 aromatic heterocycles. The van der Waals surface area contributed by atoms with Crippen LogP contribution >= 0.6 is 0 Å². The number of hydrogen-bond donors (Lipinski definition) is 1. The van der Waals surface area contributed by atoms with Crippen LogP contribution in [0, 0.1) is 0 Å². The largest absolute Gasteiger partial charge is 0.494 e. The zero-order valence-electron chi connectivity index (χ0n) is 14.2. The zero-order chi connectivity index (χ0) is 18.5. The Kier molecular flexibility index (Phi) is 6.29. The van der Waals surface area contributed by atoms with Crippen LogP contribution < -0.4 is 5.32 Å². The van der Waals surface area contributed by atoms with E-state index in [1.165, 1.54) is 6.07 Å². The summed E-state index contributed by atoms with van der Waals surface area (Å²) in [4.78, 5) is 11.7. The van der Waals surface area contributed by atoms with E-state index in [0.29, 0.717) is 13.0 Å². The van der Waals surface area contributed by atoms with Gasteiger partial charge in [-0.2, -0.15) is 13.2 Å². The Bertz CT molecular complexity index is 604. The van der Waals surface area contributed by atoms with Crippen molar-refractivity contribution in [1.29, 1.82) is 0 Å². The minimum atomic E-state index is -4.65. The predicted octanol–water partition coefficient (Wildman–Crippen LogP) is 5.45. The van der Waals surface area contributed by atoms with E-state index in [-0.39, 0.29) is 17.0 Å². The molecule has 1 amide bonds. The fourth-order valence-electron chi connectivity index (χ4n) is 1.78. The second kappa shape index (κ2) is 7.59. The van der Waals surface area contributed by atoms with Crippen LogP contribution in [0.1, 0.15) is 45.2 Å². The van der Waals surface area contributed by atoms with Gasteiger partial charge in [-0.25, -0.2) is 4.79 Å². The number of rotatable bonds is 5. The van der Waals surface area contributed by atoms with Crippen molar-refractivity contribution >= 4 is 17.5 Å². The molecule has 1 rings (SSSR count). The van der Waals surface area contributed by atoms with Gasteiger partial charge in [0.2, 0.25) is 0 Å². The van der Waals surface area contributed by atoms with Crippen molar-refractivity contribution in [3.8, 4) is 0 Å². The molecule has 0 unspecified atom stereocenters. The third-order valence-electron chi connectivity index (χ3n) is 2.76. The molecule has 0 spiro atoms. The Hall–Kier alpha value is -2.18. The van der Waals surface area contributed by atoms with Crippen molar-refractivity contribution in [3.05, 3.63) is 35.9 Å². The quantitative estimate of drug-likeness (QED) is 0.722. The number of hydrogen-bond acceptors (Lipinski definition) is 3. The molecule has 7 heteroatoms. The monoisotopic (exact) mass is 345 g/mol. The molecular weight excluding hydrogens is 323 g/mol. The van der Waals surface area contributed by atoms with Crippen LogP contribution in [0.3, 0.4) is 0 Å². The Morgan fingerprint density at radius 3 is 2.38 bits per heavy atom. The van der Waals surface area contributed by atoms with Crippen molar-refractivity contribution in [2.24, 2.45) is 0 Å². The first kappa shape index (κ1) is 19.9. The lowest BCUT2D eigenvalue weighted by Crippen LogP contribution is -2.28. The number of anilines is 1. The standard InChI is InChI=1S/C17H22F3NO3/c1-6-9-23-11(2)12-7-8-14(13(10-12)17(18,19)20)21-15(22)24-16(3,4)5/h7-8,10H,2,6,9H2,1,3-5H3,(H,21,22). The third-order valence-corrected chi connectivity index (χ3v) is 2.76. The summed E-state index contributed by atoms with van der Waals surface area (Å²) in [6.45, 7) is 10.7. The van der Waals surface area contributed by atoms with Gasteiger partial charge in [0.1, 0.15) is 11.4 Å². The van der Waals surface area contributed by atoms with E-state index in [9.17, 15) is 18.0 Å². The molecule has 1 aromatic carbocycles. The number of alkyl halides is 3. The first-order valence-electron chi connectivity index (χ1n) is 7.47. The first-order valence-corrected chi connectivity index (χ1v) is 7.47. The molecule has 134 valence electrons. The highest BCUT2D eigenvalue weighted by Gasteiger charge is 2.35. The SMILES string of the molecule is C=C(OCCC)c1ccc(NC(=O)OC(C)(C)C)c(C(F)(F)F)c1. The number of carbonyl (C=O) groups is 1. The molecule has 0 radical (unpaired) electrons. The molecule has 24 heavy (non-hydrogen) atoms. The fourth-order valence-corrected chi connectivity index (χ4v) is 1.78. The maximum atomic E-state index is 13.3. The summed E-state index contributed by atoms with van der Waals surface area (Å²) < 4.78 is 50.0. The van der Waals surface area contributed by atoms with Gasteiger partial charge in [-0.1, -0.05) is 13.5 Å². The van der Waals surface area contributed by atoms with Gasteiger partial charge in [-0.15, -0.1) is 0 Å². The normalized spacial score (nSPS) is 11.8. The summed E-state index contributed by atoms with van der Waals surface area (Å²) in [6.07, 6.45) is -4.89. The van der Waals surface area contributed by atoms with E-state index in [2.05, 4.69) is 11.9 Å². The second-order valence-electron chi connectivity index (χ2n) is 6.16. The summed E-state index contributed by atoms with van der Waals surface area (Å²) in [7, 11) is 0. The van der Waals surface area contributed by atoms with E-state index in [1.54, 1.807) is 20.8 Å². The lowest BCUT2D eigenvalue weighted by molar-refractivity contribution is -0.136. The molecule has 0 heterocycles. The highest BCUT2D eigenvalue weighted by molar-refractivity contribution is 5.86. The average Bonchev–Trinajstić information content (AvgIpc) is 2.41. The van der Waals surface area contributed by atoms with Crippen molar-refractivity contribution in [1.82, 2.24) is 0 Å². The first-order chi connectivity index (χ1) is 10.9. The van der Waals surface area contributed by atoms with Crippen LogP contribution in [0.25, 0.3) is 5.76 Å². The molecule has 0 aliphatic rings. The van der Waals surface area contributed by atoms with Crippen LogP contribution in [0.2, 0.25) is 0 Å². The molecule has 0 aliphatic heterocycles. The predicted molar refractivity (Wildman–Crippen MR) is 86.6 cm³/mol. The summed E-state index contributed by atoms with van der Waals surface area (Å²) in [5.41, 5.74) is -1.99. The van der Waals surface area contributed by atoms with E-state index < -0.39 is 23.4 Å². The van der Waals surface area contributed by atoms with Crippen molar-refractivity contribution < 1.29 is 27.4 Å². The zero-order valence-corrected chi connectivity index (χ0v) is 14.2. The number of ether oxygens (including phenoxy) is 2. The van der Waals surface area contributed by atoms with Crippen LogP contribution in [-0.2, 0) is 15.7 Å².